The van der Waals surface area contributed by atoms with Crippen LogP contribution in [0, 0.1) is 6.92 Å². The fourth-order valence-corrected chi connectivity index (χ4v) is 5.15. The Morgan fingerprint density at radius 3 is 2.81 bits per heavy atom. The average molecular weight is 367 g/mol. The highest BCUT2D eigenvalue weighted by atomic mass is 15.3. The third kappa shape index (κ3) is 2.94. The molecule has 5 heterocycles. The van der Waals surface area contributed by atoms with Crippen molar-refractivity contribution in [2.24, 2.45) is 0 Å². The molecule has 2 fully saturated rings. The molecule has 2 aromatic rings. The summed E-state index contributed by atoms with van der Waals surface area (Å²) in [6, 6.07) is 1.08. The molecule has 6 nitrogen and oxygen atoms in total. The first-order chi connectivity index (χ1) is 13.2. The molecule has 2 unspecified atom stereocenters. The Labute approximate surface area is 161 Å². The number of aromatic nitrogens is 4. The lowest BCUT2D eigenvalue weighted by Crippen LogP contribution is -2.38. The maximum absolute atomic E-state index is 5.00. The molecule has 0 spiro atoms. The monoisotopic (exact) mass is 366 g/mol. The van der Waals surface area contributed by atoms with E-state index in [-0.39, 0.29) is 0 Å². The topological polar surface area (TPSA) is 50.1 Å². The fourth-order valence-electron chi connectivity index (χ4n) is 5.15. The summed E-state index contributed by atoms with van der Waals surface area (Å²) in [5.74, 6) is 0.954. The van der Waals surface area contributed by atoms with E-state index in [1.165, 1.54) is 48.2 Å². The largest absolute Gasteiger partial charge is 0.341 e. The Morgan fingerprint density at radius 1 is 1.15 bits per heavy atom. The molecule has 27 heavy (non-hydrogen) atoms. The van der Waals surface area contributed by atoms with Crippen LogP contribution in [0.2, 0.25) is 0 Å². The van der Waals surface area contributed by atoms with Crippen LogP contribution in [-0.4, -0.2) is 43.8 Å². The van der Waals surface area contributed by atoms with Crippen molar-refractivity contribution in [2.45, 2.75) is 77.5 Å². The van der Waals surface area contributed by atoms with Gasteiger partial charge in [-0.2, -0.15) is 5.10 Å². The summed E-state index contributed by atoms with van der Waals surface area (Å²) >= 11 is 0. The molecule has 0 aliphatic carbocycles. The summed E-state index contributed by atoms with van der Waals surface area (Å²) in [5, 5.41) is 4.60. The van der Waals surface area contributed by atoms with Gasteiger partial charge in [-0.05, 0) is 39.0 Å². The molecular weight excluding hydrogens is 336 g/mol. The highest BCUT2D eigenvalue weighted by molar-refractivity contribution is 5.38. The number of hydrogen-bond acceptors (Lipinski definition) is 5. The van der Waals surface area contributed by atoms with Gasteiger partial charge in [0.15, 0.2) is 0 Å². The van der Waals surface area contributed by atoms with E-state index in [2.05, 4.69) is 45.8 Å². The first-order valence-corrected chi connectivity index (χ1v) is 10.6. The van der Waals surface area contributed by atoms with Gasteiger partial charge >= 0.3 is 0 Å². The van der Waals surface area contributed by atoms with Crippen molar-refractivity contribution in [1.29, 1.82) is 0 Å². The first-order valence-electron chi connectivity index (χ1n) is 10.6. The van der Waals surface area contributed by atoms with Gasteiger partial charge in [0.05, 0.1) is 11.9 Å². The molecule has 3 aliphatic rings. The van der Waals surface area contributed by atoms with Crippen LogP contribution in [0.4, 0.5) is 5.95 Å². The molecule has 0 radical (unpaired) electrons. The quantitative estimate of drug-likeness (QED) is 0.813. The molecule has 144 valence electrons. The molecular formula is C21H30N6. The summed E-state index contributed by atoms with van der Waals surface area (Å²) in [6.07, 6.45) is 11.4. The Hall–Kier alpha value is -1.95. The van der Waals surface area contributed by atoms with Crippen molar-refractivity contribution < 1.29 is 0 Å². The third-order valence-electron chi connectivity index (χ3n) is 6.70. The van der Waals surface area contributed by atoms with Crippen molar-refractivity contribution in [3.8, 4) is 0 Å². The molecule has 0 N–H and O–H groups in total. The van der Waals surface area contributed by atoms with Crippen LogP contribution >= 0.6 is 0 Å². The van der Waals surface area contributed by atoms with Gasteiger partial charge < -0.3 is 4.90 Å². The number of hydrogen-bond donors (Lipinski definition) is 0. The Kier molecular flexibility index (Phi) is 4.38. The first kappa shape index (κ1) is 17.2. The lowest BCUT2D eigenvalue weighted by atomic mass is 9.98. The zero-order valence-electron chi connectivity index (χ0n) is 16.6. The molecule has 0 amide bonds. The molecule has 2 bridgehead atoms. The SMILES string of the molecule is CCCn1ncc(CN2C3CCC2c2cnc(N4CCCC4)nc2C3)c1C. The zero-order valence-corrected chi connectivity index (χ0v) is 16.6. The second-order valence-corrected chi connectivity index (χ2v) is 8.37. The van der Waals surface area contributed by atoms with E-state index in [0.29, 0.717) is 12.1 Å². The second-order valence-electron chi connectivity index (χ2n) is 8.37. The van der Waals surface area contributed by atoms with E-state index in [9.17, 15) is 0 Å². The summed E-state index contributed by atoms with van der Waals surface area (Å²) in [7, 11) is 0. The van der Waals surface area contributed by atoms with Gasteiger partial charge in [0, 0.05) is 67.7 Å². The minimum Gasteiger partial charge on any atom is -0.341 e. The Balaban J connectivity index is 1.38. The maximum Gasteiger partial charge on any atom is 0.225 e. The second kappa shape index (κ2) is 6.89. The predicted molar refractivity (Wildman–Crippen MR) is 106 cm³/mol. The Bertz CT molecular complexity index is 822. The molecule has 0 aromatic carbocycles. The lowest BCUT2D eigenvalue weighted by molar-refractivity contribution is 0.166. The molecule has 0 saturated carbocycles. The number of rotatable bonds is 5. The zero-order chi connectivity index (χ0) is 18.4. The van der Waals surface area contributed by atoms with Crippen LogP contribution < -0.4 is 4.90 Å². The van der Waals surface area contributed by atoms with Crippen molar-refractivity contribution in [2.75, 3.05) is 18.0 Å². The fraction of sp³-hybridized carbons (Fsp3) is 0.667. The van der Waals surface area contributed by atoms with E-state index in [1.807, 2.05) is 0 Å². The summed E-state index contributed by atoms with van der Waals surface area (Å²) < 4.78 is 2.15. The van der Waals surface area contributed by atoms with Crippen LogP contribution in [0.5, 0.6) is 0 Å². The van der Waals surface area contributed by atoms with Crippen molar-refractivity contribution >= 4 is 5.95 Å². The van der Waals surface area contributed by atoms with Gasteiger partial charge in [-0.3, -0.25) is 9.58 Å². The number of aryl methyl sites for hydroxylation is 1. The van der Waals surface area contributed by atoms with Gasteiger partial charge in [-0.25, -0.2) is 9.97 Å². The van der Waals surface area contributed by atoms with Gasteiger partial charge in [0.25, 0.3) is 0 Å². The maximum atomic E-state index is 5.00. The van der Waals surface area contributed by atoms with Crippen LogP contribution in [-0.2, 0) is 19.5 Å². The number of nitrogens with zero attached hydrogens (tertiary/aromatic N) is 6. The van der Waals surface area contributed by atoms with Gasteiger partial charge in [0.1, 0.15) is 0 Å². The summed E-state index contributed by atoms with van der Waals surface area (Å²) in [5.41, 5.74) is 5.36. The highest BCUT2D eigenvalue weighted by Gasteiger charge is 2.41. The highest BCUT2D eigenvalue weighted by Crippen LogP contribution is 2.44. The van der Waals surface area contributed by atoms with E-state index >= 15 is 0 Å². The van der Waals surface area contributed by atoms with Gasteiger partial charge in [-0.15, -0.1) is 0 Å². The van der Waals surface area contributed by atoms with Crippen LogP contribution in [0.1, 0.15) is 67.6 Å². The normalized spacial score (nSPS) is 24.6. The number of anilines is 1. The van der Waals surface area contributed by atoms with Crippen molar-refractivity contribution in [1.82, 2.24) is 24.6 Å². The van der Waals surface area contributed by atoms with Gasteiger partial charge in [-0.1, -0.05) is 6.92 Å². The van der Waals surface area contributed by atoms with E-state index in [4.69, 9.17) is 9.97 Å². The van der Waals surface area contributed by atoms with Crippen molar-refractivity contribution in [3.05, 3.63) is 34.9 Å². The smallest absolute Gasteiger partial charge is 0.225 e. The molecule has 5 rings (SSSR count). The Morgan fingerprint density at radius 2 is 2.00 bits per heavy atom. The standard InChI is InChI=1S/C21H30N6/c1-3-8-27-15(2)16(12-23-27)14-26-17-6-7-20(26)18-13-22-21(24-19(18)11-17)25-9-4-5-10-25/h12-13,17,20H,3-11,14H2,1-2H3. The molecule has 2 atom stereocenters. The molecule has 6 heteroatoms. The summed E-state index contributed by atoms with van der Waals surface area (Å²) in [6.45, 7) is 8.65. The number of fused-ring (bicyclic) bond motifs is 4. The van der Waals surface area contributed by atoms with E-state index in [0.717, 1.165) is 45.0 Å². The summed E-state index contributed by atoms with van der Waals surface area (Å²) in [4.78, 5) is 14.8. The van der Waals surface area contributed by atoms with E-state index in [1.54, 1.807) is 0 Å². The van der Waals surface area contributed by atoms with Crippen molar-refractivity contribution in [3.63, 3.8) is 0 Å². The lowest BCUT2D eigenvalue weighted by Gasteiger charge is -2.35. The van der Waals surface area contributed by atoms with E-state index < -0.39 is 0 Å². The minimum atomic E-state index is 0.473. The minimum absolute atomic E-state index is 0.473. The van der Waals surface area contributed by atoms with Crippen LogP contribution in [0.25, 0.3) is 0 Å². The van der Waals surface area contributed by atoms with Crippen LogP contribution in [0.3, 0.4) is 0 Å². The van der Waals surface area contributed by atoms with Crippen LogP contribution in [0.15, 0.2) is 12.4 Å². The molecule has 2 saturated heterocycles. The predicted octanol–water partition coefficient (Wildman–Crippen LogP) is 3.25. The third-order valence-corrected chi connectivity index (χ3v) is 6.70. The van der Waals surface area contributed by atoms with Gasteiger partial charge in [0.2, 0.25) is 5.95 Å². The molecule has 3 aliphatic heterocycles. The molecule has 2 aromatic heterocycles. The average Bonchev–Trinajstić information content (AvgIpc) is 3.38.